The van der Waals surface area contributed by atoms with Crippen molar-refractivity contribution in [1.29, 1.82) is 0 Å². The van der Waals surface area contributed by atoms with Crippen LogP contribution in [0.1, 0.15) is 5.56 Å². The predicted molar refractivity (Wildman–Crippen MR) is 108 cm³/mol. The molecule has 11 heteroatoms. The minimum atomic E-state index is -3.84. The van der Waals surface area contributed by atoms with E-state index in [1.165, 1.54) is 19.2 Å². The zero-order valence-electron chi connectivity index (χ0n) is 15.7. The maximum atomic E-state index is 12.5. The number of nitrogens with one attached hydrogen (secondary N) is 1. The number of nitrogens with zero attached hydrogens (tertiary/aromatic N) is 3. The summed E-state index contributed by atoms with van der Waals surface area (Å²) in [6.07, 6.45) is 0. The number of ether oxygens (including phenoxy) is 1. The zero-order valence-corrected chi connectivity index (χ0v) is 17.3. The first-order chi connectivity index (χ1) is 13.8. The maximum Gasteiger partial charge on any atom is 0.321 e. The fraction of sp³-hybridized carbons (Fsp3) is 0.222. The molecule has 0 saturated heterocycles. The van der Waals surface area contributed by atoms with Crippen LogP contribution >= 0.6 is 11.7 Å². The highest BCUT2D eigenvalue weighted by atomic mass is 32.2. The Labute approximate surface area is 171 Å². The molecule has 0 bridgehead atoms. The number of carbonyl (C=O) groups excluding carboxylic acids is 2. The number of sulfonamides is 1. The quantitative estimate of drug-likeness (QED) is 0.563. The van der Waals surface area contributed by atoms with Gasteiger partial charge < -0.3 is 10.1 Å². The monoisotopic (exact) mass is 434 g/mol. The number of esters is 1. The van der Waals surface area contributed by atoms with Crippen LogP contribution in [0, 0.1) is 6.92 Å². The molecule has 0 fully saturated rings. The lowest BCUT2D eigenvalue weighted by Gasteiger charge is -2.16. The Kier molecular flexibility index (Phi) is 6.20. The average molecular weight is 434 g/mol. The lowest BCUT2D eigenvalue weighted by atomic mass is 10.2. The Morgan fingerprint density at radius 1 is 1.14 bits per heavy atom. The van der Waals surface area contributed by atoms with Crippen molar-refractivity contribution in [2.24, 2.45) is 0 Å². The number of rotatable bonds is 7. The Morgan fingerprint density at radius 3 is 2.59 bits per heavy atom. The van der Waals surface area contributed by atoms with Gasteiger partial charge in [0, 0.05) is 7.05 Å². The van der Waals surface area contributed by atoms with Crippen molar-refractivity contribution in [3.05, 3.63) is 48.0 Å². The second kappa shape index (κ2) is 8.64. The molecule has 1 heterocycles. The Balaban J connectivity index is 1.54. The van der Waals surface area contributed by atoms with Crippen LogP contribution in [0.3, 0.4) is 0 Å². The van der Waals surface area contributed by atoms with E-state index >= 15 is 0 Å². The second-order valence-electron chi connectivity index (χ2n) is 6.22. The predicted octanol–water partition coefficient (Wildman–Crippen LogP) is 1.80. The summed E-state index contributed by atoms with van der Waals surface area (Å²) in [6, 6.07) is 11.4. The number of hydrogen-bond donors (Lipinski definition) is 1. The molecule has 1 aromatic heterocycles. The molecule has 0 unspecified atom stereocenters. The van der Waals surface area contributed by atoms with Crippen LogP contribution in [0.5, 0.6) is 0 Å². The summed E-state index contributed by atoms with van der Waals surface area (Å²) in [4.78, 5) is 24.1. The van der Waals surface area contributed by atoms with Crippen molar-refractivity contribution in [1.82, 2.24) is 13.1 Å². The lowest BCUT2D eigenvalue weighted by molar-refractivity contribution is -0.147. The van der Waals surface area contributed by atoms with Gasteiger partial charge in [-0.3, -0.25) is 9.59 Å². The number of likely N-dealkylation sites (N-methyl/N-ethyl adjacent to an activating group) is 1. The Bertz CT molecular complexity index is 1140. The second-order valence-corrected chi connectivity index (χ2v) is 8.79. The summed E-state index contributed by atoms with van der Waals surface area (Å²) >= 11 is 1.02. The zero-order chi connectivity index (χ0) is 21.0. The van der Waals surface area contributed by atoms with E-state index in [4.69, 9.17) is 4.74 Å². The molecule has 3 rings (SSSR count). The third-order valence-corrected chi connectivity index (χ3v) is 6.37. The first-order valence-electron chi connectivity index (χ1n) is 8.47. The average Bonchev–Trinajstić information content (AvgIpc) is 3.16. The molecule has 0 aliphatic carbocycles. The summed E-state index contributed by atoms with van der Waals surface area (Å²) in [5.41, 5.74) is 2.56. The van der Waals surface area contributed by atoms with Gasteiger partial charge in [-0.1, -0.05) is 23.8 Å². The van der Waals surface area contributed by atoms with Crippen LogP contribution in [0.25, 0.3) is 11.0 Å². The van der Waals surface area contributed by atoms with Gasteiger partial charge >= 0.3 is 5.97 Å². The molecule has 152 valence electrons. The highest BCUT2D eigenvalue weighted by Gasteiger charge is 2.23. The summed E-state index contributed by atoms with van der Waals surface area (Å²) in [7, 11) is -2.57. The molecule has 1 N–H and O–H groups in total. The van der Waals surface area contributed by atoms with Crippen LogP contribution < -0.4 is 5.32 Å². The maximum absolute atomic E-state index is 12.5. The smallest absolute Gasteiger partial charge is 0.321 e. The van der Waals surface area contributed by atoms with E-state index in [-0.39, 0.29) is 4.90 Å². The standard InChI is InChI=1S/C18H18N4O5S2/c1-12-6-8-13(9-7-12)29(25,26)22(2)10-17(24)27-11-16(23)19-14-4-3-5-15-18(14)21-28-20-15/h3-9H,10-11H2,1-2H3,(H,19,23). The van der Waals surface area contributed by atoms with Gasteiger partial charge in [0.15, 0.2) is 6.61 Å². The molecule has 9 nitrogen and oxygen atoms in total. The molecule has 0 aliphatic rings. The van der Waals surface area contributed by atoms with Crippen molar-refractivity contribution >= 4 is 50.3 Å². The number of carbonyl (C=O) groups is 2. The van der Waals surface area contributed by atoms with Crippen molar-refractivity contribution in [2.45, 2.75) is 11.8 Å². The Morgan fingerprint density at radius 2 is 1.86 bits per heavy atom. The highest BCUT2D eigenvalue weighted by molar-refractivity contribution is 7.89. The number of hydrogen-bond acceptors (Lipinski definition) is 8. The van der Waals surface area contributed by atoms with E-state index < -0.39 is 35.1 Å². The van der Waals surface area contributed by atoms with Gasteiger partial charge in [-0.15, -0.1) is 0 Å². The summed E-state index contributed by atoms with van der Waals surface area (Å²) in [6.45, 7) is 0.772. The fourth-order valence-corrected chi connectivity index (χ4v) is 4.11. The lowest BCUT2D eigenvalue weighted by Crippen LogP contribution is -2.34. The SMILES string of the molecule is Cc1ccc(S(=O)(=O)N(C)CC(=O)OCC(=O)Nc2cccc3nsnc23)cc1. The molecule has 0 aliphatic heterocycles. The number of aromatic nitrogens is 2. The van der Waals surface area contributed by atoms with Gasteiger partial charge in [0.25, 0.3) is 5.91 Å². The minimum absolute atomic E-state index is 0.0705. The van der Waals surface area contributed by atoms with Gasteiger partial charge in [0.2, 0.25) is 10.0 Å². The van der Waals surface area contributed by atoms with Crippen LogP contribution in [-0.4, -0.2) is 53.5 Å². The first-order valence-corrected chi connectivity index (χ1v) is 10.6. The van der Waals surface area contributed by atoms with E-state index in [0.29, 0.717) is 16.7 Å². The fourth-order valence-electron chi connectivity index (χ4n) is 2.44. The van der Waals surface area contributed by atoms with Gasteiger partial charge in [-0.2, -0.15) is 13.1 Å². The van der Waals surface area contributed by atoms with Crippen LogP contribution in [0.2, 0.25) is 0 Å². The van der Waals surface area contributed by atoms with E-state index in [2.05, 4.69) is 14.1 Å². The molecule has 3 aromatic rings. The Hall–Kier alpha value is -2.89. The van der Waals surface area contributed by atoms with E-state index in [9.17, 15) is 18.0 Å². The summed E-state index contributed by atoms with van der Waals surface area (Å²) in [5, 5.41) is 2.60. The van der Waals surface area contributed by atoms with Crippen molar-refractivity contribution in [3.63, 3.8) is 0 Å². The molecule has 0 atom stereocenters. The number of fused-ring (bicyclic) bond motifs is 1. The van der Waals surface area contributed by atoms with E-state index in [1.54, 1.807) is 30.3 Å². The van der Waals surface area contributed by atoms with Crippen LogP contribution in [0.15, 0.2) is 47.4 Å². The molecule has 0 radical (unpaired) electrons. The highest BCUT2D eigenvalue weighted by Crippen LogP contribution is 2.21. The van der Waals surface area contributed by atoms with Gasteiger partial charge in [-0.25, -0.2) is 8.42 Å². The van der Waals surface area contributed by atoms with Crippen molar-refractivity contribution in [2.75, 3.05) is 25.5 Å². The molecular weight excluding hydrogens is 416 g/mol. The molecule has 1 amide bonds. The van der Waals surface area contributed by atoms with Crippen LogP contribution in [-0.2, 0) is 24.3 Å². The molecular formula is C18H18N4O5S2. The number of aryl methyl sites for hydroxylation is 1. The third-order valence-electron chi connectivity index (χ3n) is 4.01. The van der Waals surface area contributed by atoms with Gasteiger partial charge in [0.05, 0.1) is 22.3 Å². The third kappa shape index (κ3) is 4.94. The van der Waals surface area contributed by atoms with Crippen LogP contribution in [0.4, 0.5) is 5.69 Å². The largest absolute Gasteiger partial charge is 0.455 e. The summed E-state index contributed by atoms with van der Waals surface area (Å²) < 4.78 is 38.9. The number of anilines is 1. The van der Waals surface area contributed by atoms with E-state index in [1.807, 2.05) is 6.92 Å². The number of benzene rings is 2. The van der Waals surface area contributed by atoms with Gasteiger partial charge in [0.1, 0.15) is 17.6 Å². The summed E-state index contributed by atoms with van der Waals surface area (Å²) in [5.74, 6) is -1.41. The van der Waals surface area contributed by atoms with Crippen molar-refractivity contribution < 1.29 is 22.7 Å². The normalized spacial score (nSPS) is 11.6. The van der Waals surface area contributed by atoms with Gasteiger partial charge in [-0.05, 0) is 31.2 Å². The van der Waals surface area contributed by atoms with Crippen molar-refractivity contribution in [3.8, 4) is 0 Å². The number of amides is 1. The van der Waals surface area contributed by atoms with E-state index in [0.717, 1.165) is 21.6 Å². The molecule has 2 aromatic carbocycles. The molecule has 0 saturated carbocycles. The minimum Gasteiger partial charge on any atom is -0.455 e. The first kappa shape index (κ1) is 20.8. The molecule has 0 spiro atoms. The molecule has 29 heavy (non-hydrogen) atoms. The topological polar surface area (TPSA) is 119 Å².